The fourth-order valence-corrected chi connectivity index (χ4v) is 5.88. The van der Waals surface area contributed by atoms with Crippen molar-refractivity contribution >= 4 is 29.8 Å². The number of carbonyl (C=O) groups excluding carboxylic acids is 2. The van der Waals surface area contributed by atoms with Gasteiger partial charge in [-0.05, 0) is 99.3 Å². The van der Waals surface area contributed by atoms with E-state index in [4.69, 9.17) is 4.74 Å². The zero-order chi connectivity index (χ0) is 23.5. The number of hydrogen-bond acceptors (Lipinski definition) is 4. The Morgan fingerprint density at radius 3 is 2.54 bits per heavy atom. The van der Waals surface area contributed by atoms with E-state index < -0.39 is 0 Å². The van der Waals surface area contributed by atoms with Crippen molar-refractivity contribution in [1.82, 2.24) is 4.90 Å². The van der Waals surface area contributed by atoms with Gasteiger partial charge in [0.2, 0.25) is 5.91 Å². The molecular formula is C29H37ClN2O3. The molecule has 0 aliphatic carbocycles. The van der Waals surface area contributed by atoms with Gasteiger partial charge in [0.15, 0.2) is 5.78 Å². The van der Waals surface area contributed by atoms with Crippen LogP contribution in [0.1, 0.15) is 66.1 Å². The lowest BCUT2D eigenvalue weighted by Gasteiger charge is -2.32. The molecule has 5 rings (SSSR count). The van der Waals surface area contributed by atoms with E-state index in [-0.39, 0.29) is 24.1 Å². The number of rotatable bonds is 9. The molecule has 0 saturated carbocycles. The van der Waals surface area contributed by atoms with Crippen molar-refractivity contribution < 1.29 is 14.3 Å². The molecule has 3 aliphatic rings. The first-order valence-electron chi connectivity index (χ1n) is 13.0. The van der Waals surface area contributed by atoms with Gasteiger partial charge in [-0.2, -0.15) is 0 Å². The summed E-state index contributed by atoms with van der Waals surface area (Å²) in [5, 5.41) is 0. The minimum absolute atomic E-state index is 0. The van der Waals surface area contributed by atoms with E-state index in [0.29, 0.717) is 25.4 Å². The maximum absolute atomic E-state index is 13.0. The van der Waals surface area contributed by atoms with Crippen LogP contribution in [-0.4, -0.2) is 49.4 Å². The molecule has 0 radical (unpaired) electrons. The van der Waals surface area contributed by atoms with Gasteiger partial charge in [0, 0.05) is 31.5 Å². The number of Topliss-reactive ketones (excluding diaryl/α,β-unsaturated/α-hetero) is 1. The standard InChI is InChI=1S/C29H36N2O3.ClH/c1-2-34-27-6-4-3-5-22(27)13-17-30-15-11-21(12-16-30)7-9-26(32)25-19-23-8-10-28(33)31-18-14-24(20-25)29(23)31;/h3-6,19-21H,2,7-18H2,1H3;1H. The van der Waals surface area contributed by atoms with Gasteiger partial charge in [-0.15, -0.1) is 12.4 Å². The number of piperidine rings is 1. The van der Waals surface area contributed by atoms with Gasteiger partial charge in [-0.1, -0.05) is 18.2 Å². The third kappa shape index (κ3) is 5.73. The lowest BCUT2D eigenvalue weighted by molar-refractivity contribution is -0.118. The molecule has 2 aromatic carbocycles. The number of halogens is 1. The molecule has 1 fully saturated rings. The van der Waals surface area contributed by atoms with Crippen LogP contribution in [0.3, 0.4) is 0 Å². The number of para-hydroxylation sites is 1. The number of amides is 1. The van der Waals surface area contributed by atoms with E-state index in [0.717, 1.165) is 68.9 Å². The summed E-state index contributed by atoms with van der Waals surface area (Å²) in [7, 11) is 0. The van der Waals surface area contributed by atoms with Crippen LogP contribution in [0.25, 0.3) is 0 Å². The van der Waals surface area contributed by atoms with Crippen molar-refractivity contribution in [3.05, 3.63) is 58.7 Å². The number of ketones is 1. The number of benzene rings is 2. The number of carbonyl (C=O) groups is 2. The van der Waals surface area contributed by atoms with Crippen molar-refractivity contribution in [1.29, 1.82) is 0 Å². The summed E-state index contributed by atoms with van der Waals surface area (Å²) in [6, 6.07) is 12.5. The molecule has 3 aliphatic heterocycles. The molecule has 35 heavy (non-hydrogen) atoms. The Labute approximate surface area is 215 Å². The van der Waals surface area contributed by atoms with Crippen molar-refractivity contribution in [2.24, 2.45) is 5.92 Å². The fourth-order valence-electron chi connectivity index (χ4n) is 5.88. The number of hydrogen-bond donors (Lipinski definition) is 0. The third-order valence-corrected chi connectivity index (χ3v) is 7.83. The van der Waals surface area contributed by atoms with E-state index in [1.807, 2.05) is 17.9 Å². The highest BCUT2D eigenvalue weighted by atomic mass is 35.5. The summed E-state index contributed by atoms with van der Waals surface area (Å²) in [4.78, 5) is 29.6. The molecule has 5 nitrogen and oxygen atoms in total. The number of nitrogens with zero attached hydrogens (tertiary/aromatic N) is 2. The zero-order valence-electron chi connectivity index (χ0n) is 20.8. The summed E-state index contributed by atoms with van der Waals surface area (Å²) >= 11 is 0. The average molecular weight is 497 g/mol. The Balaban J connectivity index is 0.00000289. The van der Waals surface area contributed by atoms with Gasteiger partial charge in [-0.25, -0.2) is 0 Å². The number of anilines is 1. The first-order valence-corrected chi connectivity index (χ1v) is 13.0. The topological polar surface area (TPSA) is 49.9 Å². The molecule has 0 aromatic heterocycles. The first-order chi connectivity index (χ1) is 16.6. The van der Waals surface area contributed by atoms with Crippen molar-refractivity contribution in [2.75, 3.05) is 37.7 Å². The maximum Gasteiger partial charge on any atom is 0.227 e. The van der Waals surface area contributed by atoms with Gasteiger partial charge in [0.25, 0.3) is 0 Å². The number of likely N-dealkylation sites (tertiary alicyclic amines) is 1. The quantitative estimate of drug-likeness (QED) is 0.444. The SMILES string of the molecule is CCOc1ccccc1CCN1CCC(CCC(=O)c2cc3c4c(c2)CCN4C(=O)CC3)CC1.Cl. The number of ether oxygens (including phenoxy) is 1. The average Bonchev–Trinajstić information content (AvgIpc) is 3.30. The van der Waals surface area contributed by atoms with Gasteiger partial charge in [-0.3, -0.25) is 9.59 Å². The minimum atomic E-state index is 0. The predicted molar refractivity (Wildman–Crippen MR) is 142 cm³/mol. The van der Waals surface area contributed by atoms with Gasteiger partial charge in [0.1, 0.15) is 5.75 Å². The van der Waals surface area contributed by atoms with Crippen LogP contribution in [0.5, 0.6) is 5.75 Å². The predicted octanol–water partition coefficient (Wildman–Crippen LogP) is 5.26. The second-order valence-corrected chi connectivity index (χ2v) is 9.98. The second-order valence-electron chi connectivity index (χ2n) is 9.98. The lowest BCUT2D eigenvalue weighted by atomic mass is 9.89. The lowest BCUT2D eigenvalue weighted by Crippen LogP contribution is -2.35. The Bertz CT molecular complexity index is 1060. The highest BCUT2D eigenvalue weighted by Gasteiger charge is 2.32. The molecule has 3 heterocycles. The van der Waals surface area contributed by atoms with Crippen molar-refractivity contribution in [3.63, 3.8) is 0 Å². The van der Waals surface area contributed by atoms with Crippen molar-refractivity contribution in [2.45, 2.75) is 58.3 Å². The van der Waals surface area contributed by atoms with Gasteiger partial charge < -0.3 is 14.5 Å². The second kappa shape index (κ2) is 11.6. The van der Waals surface area contributed by atoms with E-state index in [1.165, 1.54) is 29.5 Å². The smallest absolute Gasteiger partial charge is 0.227 e. The molecule has 6 heteroatoms. The summed E-state index contributed by atoms with van der Waals surface area (Å²) in [5.41, 5.74) is 5.63. The van der Waals surface area contributed by atoms with E-state index >= 15 is 0 Å². The maximum atomic E-state index is 13.0. The molecule has 0 N–H and O–H groups in total. The van der Waals surface area contributed by atoms with E-state index in [2.05, 4.69) is 35.2 Å². The molecule has 1 saturated heterocycles. The Kier molecular flexibility index (Phi) is 8.51. The van der Waals surface area contributed by atoms with Crippen LogP contribution in [0.4, 0.5) is 5.69 Å². The zero-order valence-corrected chi connectivity index (χ0v) is 21.6. The van der Waals surface area contributed by atoms with Crippen LogP contribution >= 0.6 is 12.4 Å². The minimum Gasteiger partial charge on any atom is -0.494 e. The van der Waals surface area contributed by atoms with E-state index in [1.54, 1.807) is 0 Å². The molecule has 1 amide bonds. The van der Waals surface area contributed by atoms with E-state index in [9.17, 15) is 9.59 Å². The highest BCUT2D eigenvalue weighted by molar-refractivity contribution is 6.02. The summed E-state index contributed by atoms with van der Waals surface area (Å²) in [5.74, 6) is 2.15. The number of aryl methyl sites for hydroxylation is 1. The Morgan fingerprint density at radius 2 is 1.77 bits per heavy atom. The Morgan fingerprint density at radius 1 is 1.03 bits per heavy atom. The van der Waals surface area contributed by atoms with Crippen LogP contribution in [-0.2, 0) is 24.1 Å². The molecule has 2 aromatic rings. The molecular weight excluding hydrogens is 460 g/mol. The van der Waals surface area contributed by atoms with Crippen LogP contribution in [0.2, 0.25) is 0 Å². The fraction of sp³-hybridized carbons (Fsp3) is 0.517. The summed E-state index contributed by atoms with van der Waals surface area (Å²) < 4.78 is 5.77. The highest BCUT2D eigenvalue weighted by Crippen LogP contribution is 2.38. The molecule has 0 bridgehead atoms. The normalized spacial score (nSPS) is 17.7. The largest absolute Gasteiger partial charge is 0.494 e. The first kappa shape index (κ1) is 25.7. The van der Waals surface area contributed by atoms with Crippen LogP contribution in [0.15, 0.2) is 36.4 Å². The van der Waals surface area contributed by atoms with Crippen LogP contribution < -0.4 is 9.64 Å². The molecule has 0 unspecified atom stereocenters. The van der Waals surface area contributed by atoms with Gasteiger partial charge >= 0.3 is 0 Å². The van der Waals surface area contributed by atoms with Crippen molar-refractivity contribution in [3.8, 4) is 5.75 Å². The third-order valence-electron chi connectivity index (χ3n) is 7.83. The monoisotopic (exact) mass is 496 g/mol. The molecule has 188 valence electrons. The molecule has 0 spiro atoms. The van der Waals surface area contributed by atoms with Gasteiger partial charge in [0.05, 0.1) is 12.3 Å². The van der Waals surface area contributed by atoms with Crippen LogP contribution in [0, 0.1) is 5.92 Å². The summed E-state index contributed by atoms with van der Waals surface area (Å²) in [6.45, 7) is 6.79. The summed E-state index contributed by atoms with van der Waals surface area (Å²) in [6.07, 6.45) is 7.20. The Hall–Kier alpha value is -2.37. The molecule has 0 atom stereocenters.